The molecule has 2 aromatic rings. The Morgan fingerprint density at radius 1 is 1.12 bits per heavy atom. The Morgan fingerprint density at radius 3 is 2.40 bits per heavy atom. The molecule has 130 valence electrons. The van der Waals surface area contributed by atoms with Gasteiger partial charge in [-0.2, -0.15) is 0 Å². The van der Waals surface area contributed by atoms with E-state index in [0.29, 0.717) is 5.56 Å². The largest absolute Gasteiger partial charge is 0.480 e. The van der Waals surface area contributed by atoms with Crippen molar-refractivity contribution in [2.75, 3.05) is 0 Å². The number of carbonyl (C=O) groups is 2. The van der Waals surface area contributed by atoms with Crippen molar-refractivity contribution in [1.29, 1.82) is 0 Å². The monoisotopic (exact) mass is 344 g/mol. The van der Waals surface area contributed by atoms with Gasteiger partial charge in [0, 0.05) is 12.1 Å². The van der Waals surface area contributed by atoms with Crippen molar-refractivity contribution in [3.63, 3.8) is 0 Å². The average molecular weight is 344 g/mol. The quantitative estimate of drug-likeness (QED) is 0.515. The minimum absolute atomic E-state index is 0.0293. The summed E-state index contributed by atoms with van der Waals surface area (Å²) < 4.78 is 0. The second-order valence-corrected chi connectivity index (χ2v) is 5.34. The number of rotatable bonds is 7. The van der Waals surface area contributed by atoms with Gasteiger partial charge in [-0.3, -0.25) is 14.9 Å². The van der Waals surface area contributed by atoms with Crippen LogP contribution < -0.4 is 5.32 Å². The number of aliphatic hydroxyl groups is 1. The predicted octanol–water partition coefficient (Wildman–Crippen LogP) is 1.44. The van der Waals surface area contributed by atoms with Crippen LogP contribution in [0.2, 0.25) is 0 Å². The van der Waals surface area contributed by atoms with Gasteiger partial charge in [-0.05, 0) is 11.1 Å². The first-order valence-corrected chi connectivity index (χ1v) is 7.37. The van der Waals surface area contributed by atoms with Gasteiger partial charge in [-0.15, -0.1) is 0 Å². The molecule has 2 atom stereocenters. The lowest BCUT2D eigenvalue weighted by atomic mass is 10.0. The highest BCUT2D eigenvalue weighted by molar-refractivity contribution is 5.85. The number of carbonyl (C=O) groups excluding carboxylic acids is 1. The maximum atomic E-state index is 12.0. The lowest BCUT2D eigenvalue weighted by Crippen LogP contribution is -2.45. The van der Waals surface area contributed by atoms with Crippen molar-refractivity contribution >= 4 is 17.6 Å². The number of amides is 1. The fraction of sp³-hybridized carbons (Fsp3) is 0.176. The smallest absolute Gasteiger partial charge is 0.329 e. The molecule has 3 N–H and O–H groups in total. The van der Waals surface area contributed by atoms with Crippen LogP contribution in [0.15, 0.2) is 54.6 Å². The Hall–Kier alpha value is -3.26. The summed E-state index contributed by atoms with van der Waals surface area (Å²) in [5, 5.41) is 32.6. The van der Waals surface area contributed by atoms with Crippen molar-refractivity contribution in [1.82, 2.24) is 5.32 Å². The summed E-state index contributed by atoms with van der Waals surface area (Å²) in [6.45, 7) is 0. The van der Waals surface area contributed by atoms with E-state index in [2.05, 4.69) is 5.32 Å². The van der Waals surface area contributed by atoms with E-state index < -0.39 is 28.9 Å². The van der Waals surface area contributed by atoms with Gasteiger partial charge in [0.15, 0.2) is 6.04 Å². The molecule has 0 spiro atoms. The third-order valence-electron chi connectivity index (χ3n) is 3.53. The summed E-state index contributed by atoms with van der Waals surface area (Å²) in [5.41, 5.74) is 0.437. The third-order valence-corrected chi connectivity index (χ3v) is 3.53. The van der Waals surface area contributed by atoms with Crippen LogP contribution >= 0.6 is 0 Å². The lowest BCUT2D eigenvalue weighted by Gasteiger charge is -2.20. The molecular formula is C17H16N2O6. The molecule has 0 fully saturated rings. The Balaban J connectivity index is 2.14. The molecule has 0 aliphatic rings. The number of hydrogen-bond donors (Lipinski definition) is 3. The molecule has 8 heteroatoms. The van der Waals surface area contributed by atoms with Crippen LogP contribution in [-0.2, 0) is 16.0 Å². The number of nitrogens with zero attached hydrogens (tertiary/aromatic N) is 1. The molecule has 2 aromatic carbocycles. The van der Waals surface area contributed by atoms with Crippen LogP contribution in [0, 0.1) is 10.1 Å². The summed E-state index contributed by atoms with van der Waals surface area (Å²) in [4.78, 5) is 33.6. The number of carboxylic acid groups (broad SMARTS) is 1. The fourth-order valence-electron chi connectivity index (χ4n) is 2.30. The number of nitrogens with one attached hydrogen (secondary N) is 1. The minimum Gasteiger partial charge on any atom is -0.480 e. The molecule has 0 saturated heterocycles. The van der Waals surface area contributed by atoms with E-state index in [4.69, 9.17) is 0 Å². The SMILES string of the molecule is O=C(Cc1ccccc1)NC(C(=O)O)C(O)c1cccc([N+](=O)[O-])c1. The second-order valence-electron chi connectivity index (χ2n) is 5.34. The van der Waals surface area contributed by atoms with Crippen molar-refractivity contribution in [3.05, 3.63) is 75.8 Å². The number of nitro groups is 1. The highest BCUT2D eigenvalue weighted by Crippen LogP contribution is 2.22. The number of aliphatic carboxylic acids is 1. The maximum Gasteiger partial charge on any atom is 0.329 e. The van der Waals surface area contributed by atoms with Crippen LogP contribution in [0.3, 0.4) is 0 Å². The number of non-ortho nitro benzene ring substituents is 1. The highest BCUT2D eigenvalue weighted by Gasteiger charge is 2.30. The summed E-state index contributed by atoms with van der Waals surface area (Å²) in [6.07, 6.45) is -1.68. The molecule has 0 bridgehead atoms. The first-order chi connectivity index (χ1) is 11.9. The first-order valence-electron chi connectivity index (χ1n) is 7.37. The Bertz CT molecular complexity index is 778. The zero-order chi connectivity index (χ0) is 18.4. The average Bonchev–Trinajstić information content (AvgIpc) is 2.60. The molecule has 0 saturated carbocycles. The molecule has 0 heterocycles. The number of carboxylic acids is 1. The number of aliphatic hydroxyl groups excluding tert-OH is 1. The topological polar surface area (TPSA) is 130 Å². The molecule has 0 radical (unpaired) electrons. The van der Waals surface area contributed by atoms with E-state index in [1.807, 2.05) is 0 Å². The van der Waals surface area contributed by atoms with Gasteiger partial charge < -0.3 is 15.5 Å². The minimum atomic E-state index is -1.63. The summed E-state index contributed by atoms with van der Waals surface area (Å²) in [7, 11) is 0. The van der Waals surface area contributed by atoms with E-state index in [0.717, 1.165) is 6.07 Å². The summed E-state index contributed by atoms with van der Waals surface area (Å²) >= 11 is 0. The van der Waals surface area contributed by atoms with Gasteiger partial charge in [0.25, 0.3) is 5.69 Å². The zero-order valence-electron chi connectivity index (χ0n) is 13.0. The Morgan fingerprint density at radius 2 is 1.80 bits per heavy atom. The molecule has 2 unspecified atom stereocenters. The van der Waals surface area contributed by atoms with E-state index in [-0.39, 0.29) is 17.7 Å². The van der Waals surface area contributed by atoms with Crippen LogP contribution in [0.4, 0.5) is 5.69 Å². The van der Waals surface area contributed by atoms with E-state index in [1.165, 1.54) is 18.2 Å². The zero-order valence-corrected chi connectivity index (χ0v) is 13.0. The van der Waals surface area contributed by atoms with Gasteiger partial charge >= 0.3 is 5.97 Å². The third kappa shape index (κ3) is 4.85. The molecular weight excluding hydrogens is 328 g/mol. The molecule has 1 amide bonds. The van der Waals surface area contributed by atoms with Gasteiger partial charge in [0.05, 0.1) is 11.3 Å². The molecule has 0 aromatic heterocycles. The van der Waals surface area contributed by atoms with Crippen molar-refractivity contribution < 1.29 is 24.7 Å². The van der Waals surface area contributed by atoms with Gasteiger partial charge in [-0.1, -0.05) is 42.5 Å². The van der Waals surface area contributed by atoms with E-state index >= 15 is 0 Å². The van der Waals surface area contributed by atoms with Gasteiger partial charge in [-0.25, -0.2) is 4.79 Å². The second kappa shape index (κ2) is 8.02. The predicted molar refractivity (Wildman–Crippen MR) is 87.8 cm³/mol. The van der Waals surface area contributed by atoms with Crippen LogP contribution in [0.25, 0.3) is 0 Å². The Kier molecular flexibility index (Phi) is 5.80. The molecule has 0 aliphatic carbocycles. The van der Waals surface area contributed by atoms with Gasteiger partial charge in [0.1, 0.15) is 6.10 Å². The van der Waals surface area contributed by atoms with Crippen molar-refractivity contribution in [2.45, 2.75) is 18.6 Å². The standard InChI is InChI=1S/C17H16N2O6/c20-14(9-11-5-2-1-3-6-11)18-15(17(22)23)16(21)12-7-4-8-13(10-12)19(24)25/h1-8,10,15-16,21H,9H2,(H,18,20)(H,22,23). The number of benzene rings is 2. The van der Waals surface area contributed by atoms with Crippen LogP contribution in [0.1, 0.15) is 17.2 Å². The normalized spacial score (nSPS) is 12.8. The number of nitro benzene ring substituents is 1. The number of hydrogen-bond acceptors (Lipinski definition) is 5. The van der Waals surface area contributed by atoms with E-state index in [9.17, 15) is 29.9 Å². The van der Waals surface area contributed by atoms with Crippen molar-refractivity contribution in [2.24, 2.45) is 0 Å². The van der Waals surface area contributed by atoms with Crippen LogP contribution in [-0.4, -0.2) is 33.1 Å². The molecule has 2 rings (SSSR count). The maximum absolute atomic E-state index is 12.0. The molecule has 25 heavy (non-hydrogen) atoms. The van der Waals surface area contributed by atoms with Gasteiger partial charge in [0.2, 0.25) is 5.91 Å². The van der Waals surface area contributed by atoms with E-state index in [1.54, 1.807) is 30.3 Å². The van der Waals surface area contributed by atoms with Crippen LogP contribution in [0.5, 0.6) is 0 Å². The lowest BCUT2D eigenvalue weighted by molar-refractivity contribution is -0.385. The fourth-order valence-corrected chi connectivity index (χ4v) is 2.30. The Labute approximate surface area is 142 Å². The van der Waals surface area contributed by atoms with Crippen molar-refractivity contribution in [3.8, 4) is 0 Å². The summed E-state index contributed by atoms with van der Waals surface area (Å²) in [5.74, 6) is -2.02. The first kappa shape index (κ1) is 18.1. The molecule has 0 aliphatic heterocycles. The summed E-state index contributed by atoms with van der Waals surface area (Å²) in [6, 6.07) is 12.1. The highest BCUT2D eigenvalue weighted by atomic mass is 16.6. The molecule has 8 nitrogen and oxygen atoms in total.